The Kier molecular flexibility index (Phi) is 8.58. The molecule has 2 rings (SSSR count). The van der Waals surface area contributed by atoms with E-state index in [0.717, 1.165) is 37.0 Å². The second-order valence-corrected chi connectivity index (χ2v) is 8.76. The minimum atomic E-state index is -0.476. The summed E-state index contributed by atoms with van der Waals surface area (Å²) in [6, 6.07) is 0. The Bertz CT molecular complexity index is 377. The standard InChI is InChI=1S/C22H40O3/c1-4-6-7-8-18-9-11-19(12-10-18)20-13-15-22(3,16-14-20)25-21(23)24-17-5-2/h18-20H,4-17H2,1-3H3. The molecule has 0 atom stereocenters. The molecule has 146 valence electrons. The minimum Gasteiger partial charge on any atom is -0.434 e. The summed E-state index contributed by atoms with van der Waals surface area (Å²) in [5.74, 6) is 2.76. The van der Waals surface area contributed by atoms with Gasteiger partial charge in [-0.1, -0.05) is 52.4 Å². The molecule has 2 saturated carbocycles. The van der Waals surface area contributed by atoms with Gasteiger partial charge in [-0.15, -0.1) is 0 Å². The van der Waals surface area contributed by atoms with Crippen LogP contribution in [0.3, 0.4) is 0 Å². The fourth-order valence-electron chi connectivity index (χ4n) is 4.87. The number of carbonyl (C=O) groups is 1. The summed E-state index contributed by atoms with van der Waals surface area (Å²) < 4.78 is 10.7. The molecule has 25 heavy (non-hydrogen) atoms. The number of unbranched alkanes of at least 4 members (excludes halogenated alkanes) is 2. The topological polar surface area (TPSA) is 35.5 Å². The quantitative estimate of drug-likeness (QED) is 0.352. The molecule has 3 nitrogen and oxygen atoms in total. The van der Waals surface area contributed by atoms with Gasteiger partial charge in [0.05, 0.1) is 6.61 Å². The summed E-state index contributed by atoms with van der Waals surface area (Å²) in [7, 11) is 0. The van der Waals surface area contributed by atoms with Crippen molar-refractivity contribution >= 4 is 6.16 Å². The smallest absolute Gasteiger partial charge is 0.434 e. The molecule has 0 saturated heterocycles. The van der Waals surface area contributed by atoms with E-state index < -0.39 is 6.16 Å². The van der Waals surface area contributed by atoms with Crippen molar-refractivity contribution in [3.63, 3.8) is 0 Å². The van der Waals surface area contributed by atoms with E-state index in [2.05, 4.69) is 13.8 Å². The van der Waals surface area contributed by atoms with Gasteiger partial charge in [-0.3, -0.25) is 0 Å². The summed E-state index contributed by atoms with van der Waals surface area (Å²) in [5, 5.41) is 0. The summed E-state index contributed by atoms with van der Waals surface area (Å²) in [6.45, 7) is 6.83. The van der Waals surface area contributed by atoms with Gasteiger partial charge in [-0.2, -0.15) is 0 Å². The Morgan fingerprint density at radius 1 is 0.920 bits per heavy atom. The molecule has 2 aliphatic rings. The molecule has 2 aliphatic carbocycles. The Hall–Kier alpha value is -0.730. The van der Waals surface area contributed by atoms with E-state index in [4.69, 9.17) is 9.47 Å². The average Bonchev–Trinajstić information content (AvgIpc) is 2.61. The van der Waals surface area contributed by atoms with Gasteiger partial charge >= 0.3 is 6.16 Å². The third kappa shape index (κ3) is 6.83. The van der Waals surface area contributed by atoms with Crippen molar-refractivity contribution in [3.05, 3.63) is 0 Å². The van der Waals surface area contributed by atoms with Crippen LogP contribution in [-0.2, 0) is 9.47 Å². The first kappa shape index (κ1) is 20.6. The normalized spacial score (nSPS) is 33.0. The van der Waals surface area contributed by atoms with Crippen LogP contribution in [0.5, 0.6) is 0 Å². The fraction of sp³-hybridized carbons (Fsp3) is 0.955. The highest BCUT2D eigenvalue weighted by Crippen LogP contribution is 2.44. The van der Waals surface area contributed by atoms with Gasteiger partial charge in [0.25, 0.3) is 0 Å². The average molecular weight is 353 g/mol. The molecule has 0 unspecified atom stereocenters. The molecule has 0 spiro atoms. The molecule has 0 aliphatic heterocycles. The maximum absolute atomic E-state index is 11.8. The zero-order valence-electron chi connectivity index (χ0n) is 16.9. The summed E-state index contributed by atoms with van der Waals surface area (Å²) in [5.41, 5.74) is -0.307. The van der Waals surface area contributed by atoms with Gasteiger partial charge in [0, 0.05) is 0 Å². The highest BCUT2D eigenvalue weighted by atomic mass is 16.7. The van der Waals surface area contributed by atoms with Crippen molar-refractivity contribution in [2.75, 3.05) is 6.61 Å². The van der Waals surface area contributed by atoms with Crippen molar-refractivity contribution in [2.45, 2.75) is 110 Å². The zero-order chi connectivity index (χ0) is 18.1. The van der Waals surface area contributed by atoms with Crippen LogP contribution in [0, 0.1) is 17.8 Å². The second-order valence-electron chi connectivity index (χ2n) is 8.76. The molecule has 0 aromatic carbocycles. The van der Waals surface area contributed by atoms with Crippen molar-refractivity contribution < 1.29 is 14.3 Å². The summed E-state index contributed by atoms with van der Waals surface area (Å²) in [6.07, 6.45) is 16.2. The second kappa shape index (κ2) is 10.4. The van der Waals surface area contributed by atoms with Gasteiger partial charge in [0.2, 0.25) is 0 Å². The monoisotopic (exact) mass is 352 g/mol. The Balaban J connectivity index is 1.67. The highest BCUT2D eigenvalue weighted by Gasteiger charge is 2.38. The van der Waals surface area contributed by atoms with Gasteiger partial charge < -0.3 is 9.47 Å². The predicted molar refractivity (Wildman–Crippen MR) is 103 cm³/mol. The van der Waals surface area contributed by atoms with E-state index in [9.17, 15) is 4.79 Å². The Morgan fingerprint density at radius 2 is 1.56 bits per heavy atom. The Labute approximate surface area is 155 Å². The van der Waals surface area contributed by atoms with E-state index >= 15 is 0 Å². The molecule has 0 aromatic rings. The number of hydrogen-bond acceptors (Lipinski definition) is 3. The van der Waals surface area contributed by atoms with Crippen molar-refractivity contribution in [3.8, 4) is 0 Å². The maximum Gasteiger partial charge on any atom is 0.508 e. The van der Waals surface area contributed by atoms with E-state index in [1.54, 1.807) is 0 Å². The minimum absolute atomic E-state index is 0.307. The molecule has 0 radical (unpaired) electrons. The molecular weight excluding hydrogens is 312 g/mol. The van der Waals surface area contributed by atoms with E-state index in [1.807, 2.05) is 6.92 Å². The van der Waals surface area contributed by atoms with Crippen LogP contribution in [0.1, 0.15) is 104 Å². The highest BCUT2D eigenvalue weighted by molar-refractivity contribution is 5.60. The van der Waals surface area contributed by atoms with E-state index in [-0.39, 0.29) is 5.60 Å². The van der Waals surface area contributed by atoms with Crippen molar-refractivity contribution in [1.29, 1.82) is 0 Å². The van der Waals surface area contributed by atoms with Crippen LogP contribution in [0.2, 0.25) is 0 Å². The SMILES string of the molecule is CCCCCC1CCC(C2CCC(C)(OC(=O)OCCC)CC2)CC1. The van der Waals surface area contributed by atoms with Gasteiger partial charge in [0.1, 0.15) is 5.60 Å². The molecule has 2 fully saturated rings. The lowest BCUT2D eigenvalue weighted by Gasteiger charge is -2.41. The number of rotatable bonds is 8. The first-order chi connectivity index (χ1) is 12.1. The maximum atomic E-state index is 11.8. The van der Waals surface area contributed by atoms with Crippen LogP contribution in [-0.4, -0.2) is 18.4 Å². The number of carbonyl (C=O) groups excluding carboxylic acids is 1. The Morgan fingerprint density at radius 3 is 2.16 bits per heavy atom. The molecule has 0 amide bonds. The fourth-order valence-corrected chi connectivity index (χ4v) is 4.87. The molecule has 0 N–H and O–H groups in total. The molecule has 3 heteroatoms. The van der Waals surface area contributed by atoms with Gasteiger partial charge in [-0.05, 0) is 69.6 Å². The van der Waals surface area contributed by atoms with Crippen LogP contribution in [0.25, 0.3) is 0 Å². The third-order valence-corrected chi connectivity index (χ3v) is 6.62. The van der Waals surface area contributed by atoms with E-state index in [1.165, 1.54) is 64.2 Å². The van der Waals surface area contributed by atoms with Gasteiger partial charge in [0.15, 0.2) is 0 Å². The van der Waals surface area contributed by atoms with Crippen LogP contribution in [0.15, 0.2) is 0 Å². The largest absolute Gasteiger partial charge is 0.508 e. The summed E-state index contributed by atoms with van der Waals surface area (Å²) in [4.78, 5) is 11.8. The number of ether oxygens (including phenoxy) is 2. The molecule has 0 heterocycles. The molecule has 0 bridgehead atoms. The van der Waals surface area contributed by atoms with Gasteiger partial charge in [-0.25, -0.2) is 4.79 Å². The van der Waals surface area contributed by atoms with Crippen LogP contribution >= 0.6 is 0 Å². The number of hydrogen-bond donors (Lipinski definition) is 0. The summed E-state index contributed by atoms with van der Waals surface area (Å²) >= 11 is 0. The first-order valence-electron chi connectivity index (χ1n) is 10.9. The van der Waals surface area contributed by atoms with Crippen molar-refractivity contribution in [2.24, 2.45) is 17.8 Å². The lowest BCUT2D eigenvalue weighted by atomic mass is 9.68. The van der Waals surface area contributed by atoms with Crippen LogP contribution < -0.4 is 0 Å². The first-order valence-corrected chi connectivity index (χ1v) is 10.9. The van der Waals surface area contributed by atoms with E-state index in [0.29, 0.717) is 6.61 Å². The van der Waals surface area contributed by atoms with Crippen LogP contribution in [0.4, 0.5) is 4.79 Å². The zero-order valence-corrected chi connectivity index (χ0v) is 16.9. The predicted octanol–water partition coefficient (Wildman–Crippen LogP) is 6.89. The lowest BCUT2D eigenvalue weighted by Crippen LogP contribution is -2.38. The third-order valence-electron chi connectivity index (χ3n) is 6.62. The molecular formula is C22H40O3. The lowest BCUT2D eigenvalue weighted by molar-refractivity contribution is -0.0564. The van der Waals surface area contributed by atoms with Crippen molar-refractivity contribution in [1.82, 2.24) is 0 Å². The molecule has 0 aromatic heterocycles.